The largest absolute Gasteiger partial charge is 0.457 e. The van der Waals surface area contributed by atoms with Crippen LogP contribution in [-0.4, -0.2) is 29.3 Å². The summed E-state index contributed by atoms with van der Waals surface area (Å²) in [6.07, 6.45) is 0.470. The fourth-order valence-corrected chi connectivity index (χ4v) is 1.18. The van der Waals surface area contributed by atoms with Crippen LogP contribution >= 0.6 is 0 Å². The van der Waals surface area contributed by atoms with Gasteiger partial charge in [-0.15, -0.1) is 0 Å². The lowest BCUT2D eigenvalue weighted by atomic mass is 10.3. The molecule has 1 aliphatic rings. The van der Waals surface area contributed by atoms with Gasteiger partial charge in [-0.3, -0.25) is 0 Å². The van der Waals surface area contributed by atoms with E-state index in [4.69, 9.17) is 9.47 Å². The van der Waals surface area contributed by atoms with Crippen LogP contribution in [0.2, 0.25) is 0 Å². The second kappa shape index (κ2) is 3.83. The second-order valence-corrected chi connectivity index (χ2v) is 2.90. The zero-order valence-corrected chi connectivity index (χ0v) is 7.24. The average molecular weight is 202 g/mol. The third-order valence-corrected chi connectivity index (χ3v) is 1.80. The SMILES string of the molecule is Fc1cc(F)nc(OC2CCOC2)n1. The maximum absolute atomic E-state index is 12.6. The minimum Gasteiger partial charge on any atom is -0.457 e. The van der Waals surface area contributed by atoms with E-state index in [-0.39, 0.29) is 12.1 Å². The van der Waals surface area contributed by atoms with Gasteiger partial charge in [0.25, 0.3) is 0 Å². The van der Waals surface area contributed by atoms with E-state index in [1.165, 1.54) is 0 Å². The number of rotatable bonds is 2. The fourth-order valence-electron chi connectivity index (χ4n) is 1.18. The van der Waals surface area contributed by atoms with Crippen LogP contribution in [0.25, 0.3) is 0 Å². The van der Waals surface area contributed by atoms with E-state index in [9.17, 15) is 8.78 Å². The normalized spacial score (nSPS) is 21.1. The van der Waals surface area contributed by atoms with Gasteiger partial charge in [0.05, 0.1) is 13.2 Å². The second-order valence-electron chi connectivity index (χ2n) is 2.90. The zero-order chi connectivity index (χ0) is 9.97. The van der Waals surface area contributed by atoms with Gasteiger partial charge in [-0.1, -0.05) is 0 Å². The topological polar surface area (TPSA) is 44.2 Å². The summed E-state index contributed by atoms with van der Waals surface area (Å²) in [5, 5.41) is 0. The minimum absolute atomic E-state index is 0.212. The van der Waals surface area contributed by atoms with Crippen molar-refractivity contribution in [2.45, 2.75) is 12.5 Å². The van der Waals surface area contributed by atoms with Gasteiger partial charge in [-0.25, -0.2) is 0 Å². The molecule has 1 aromatic heterocycles. The van der Waals surface area contributed by atoms with Crippen LogP contribution in [0.1, 0.15) is 6.42 Å². The third-order valence-electron chi connectivity index (χ3n) is 1.80. The summed E-state index contributed by atoms with van der Waals surface area (Å²) in [6.45, 7) is 0.990. The molecule has 0 spiro atoms. The molecule has 0 radical (unpaired) electrons. The fraction of sp³-hybridized carbons (Fsp3) is 0.500. The molecule has 4 nitrogen and oxygen atoms in total. The van der Waals surface area contributed by atoms with Crippen LogP contribution in [0.5, 0.6) is 6.01 Å². The molecule has 6 heteroatoms. The first-order valence-electron chi connectivity index (χ1n) is 4.18. The quantitative estimate of drug-likeness (QED) is 0.669. The predicted octanol–water partition coefficient (Wildman–Crippen LogP) is 0.923. The van der Waals surface area contributed by atoms with E-state index in [2.05, 4.69) is 9.97 Å². The van der Waals surface area contributed by atoms with Crippen LogP contribution in [-0.2, 0) is 4.74 Å². The van der Waals surface area contributed by atoms with Gasteiger partial charge >= 0.3 is 6.01 Å². The Morgan fingerprint density at radius 1 is 1.36 bits per heavy atom. The zero-order valence-electron chi connectivity index (χ0n) is 7.24. The summed E-state index contributed by atoms with van der Waals surface area (Å²) < 4.78 is 35.3. The van der Waals surface area contributed by atoms with Gasteiger partial charge in [0.2, 0.25) is 11.9 Å². The molecule has 0 N–H and O–H groups in total. The van der Waals surface area contributed by atoms with Crippen molar-refractivity contribution in [1.29, 1.82) is 0 Å². The molecule has 1 fully saturated rings. The first-order chi connectivity index (χ1) is 6.74. The number of hydrogen-bond acceptors (Lipinski definition) is 4. The van der Waals surface area contributed by atoms with E-state index in [1.807, 2.05) is 0 Å². The Labute approximate surface area is 78.9 Å². The summed E-state index contributed by atoms with van der Waals surface area (Å²) in [5.74, 6) is -1.88. The predicted molar refractivity (Wildman–Crippen MR) is 41.8 cm³/mol. The molecule has 0 saturated carbocycles. The van der Waals surface area contributed by atoms with Gasteiger partial charge in [0, 0.05) is 12.5 Å². The molecule has 1 atom stereocenters. The van der Waals surface area contributed by atoms with Crippen LogP contribution < -0.4 is 4.74 Å². The van der Waals surface area contributed by atoms with E-state index >= 15 is 0 Å². The van der Waals surface area contributed by atoms with Gasteiger partial charge in [0.1, 0.15) is 6.10 Å². The first kappa shape index (κ1) is 9.26. The Morgan fingerprint density at radius 3 is 2.64 bits per heavy atom. The molecule has 1 aliphatic heterocycles. The Hall–Kier alpha value is -1.30. The third kappa shape index (κ3) is 2.14. The number of aromatic nitrogens is 2. The lowest BCUT2D eigenvalue weighted by Crippen LogP contribution is -2.17. The van der Waals surface area contributed by atoms with Crippen LogP contribution in [0, 0.1) is 11.9 Å². The maximum Gasteiger partial charge on any atom is 0.322 e. The summed E-state index contributed by atoms with van der Waals surface area (Å²) in [4.78, 5) is 6.60. The van der Waals surface area contributed by atoms with E-state index < -0.39 is 11.9 Å². The summed E-state index contributed by atoms with van der Waals surface area (Å²) >= 11 is 0. The highest BCUT2D eigenvalue weighted by Crippen LogP contribution is 2.12. The molecule has 0 aromatic carbocycles. The van der Waals surface area contributed by atoms with Crippen molar-refractivity contribution in [3.05, 3.63) is 18.0 Å². The average Bonchev–Trinajstić information content (AvgIpc) is 2.54. The number of nitrogens with zero attached hydrogens (tertiary/aromatic N) is 2. The van der Waals surface area contributed by atoms with Crippen molar-refractivity contribution in [3.63, 3.8) is 0 Å². The van der Waals surface area contributed by atoms with Crippen LogP contribution in [0.3, 0.4) is 0 Å². The molecule has 14 heavy (non-hydrogen) atoms. The van der Waals surface area contributed by atoms with E-state index in [1.54, 1.807) is 0 Å². The molecule has 76 valence electrons. The molecule has 1 unspecified atom stereocenters. The van der Waals surface area contributed by atoms with Gasteiger partial charge in [0.15, 0.2) is 0 Å². The number of halogens is 2. The van der Waals surface area contributed by atoms with Crippen molar-refractivity contribution in [2.24, 2.45) is 0 Å². The smallest absolute Gasteiger partial charge is 0.322 e. The monoisotopic (exact) mass is 202 g/mol. The Bertz CT molecular complexity index is 309. The molecule has 0 aliphatic carbocycles. The van der Waals surface area contributed by atoms with Crippen molar-refractivity contribution in [2.75, 3.05) is 13.2 Å². The lowest BCUT2D eigenvalue weighted by molar-refractivity contribution is 0.132. The first-order valence-corrected chi connectivity index (χ1v) is 4.18. The standard InChI is InChI=1S/C8H8F2N2O2/c9-6-3-7(10)12-8(11-6)14-5-1-2-13-4-5/h3,5H,1-2,4H2. The molecule has 0 amide bonds. The summed E-state index contributed by atoms with van der Waals surface area (Å²) in [7, 11) is 0. The summed E-state index contributed by atoms with van der Waals surface area (Å²) in [5.41, 5.74) is 0. The minimum atomic E-state index is -0.939. The Morgan fingerprint density at radius 2 is 2.07 bits per heavy atom. The number of ether oxygens (including phenoxy) is 2. The molecular formula is C8H8F2N2O2. The van der Waals surface area contributed by atoms with Gasteiger partial charge < -0.3 is 9.47 Å². The highest BCUT2D eigenvalue weighted by Gasteiger charge is 2.19. The molecule has 2 rings (SSSR count). The van der Waals surface area contributed by atoms with E-state index in [0.717, 1.165) is 0 Å². The highest BCUT2D eigenvalue weighted by molar-refractivity contribution is 4.98. The van der Waals surface area contributed by atoms with Crippen molar-refractivity contribution >= 4 is 0 Å². The van der Waals surface area contributed by atoms with Crippen molar-refractivity contribution in [1.82, 2.24) is 9.97 Å². The van der Waals surface area contributed by atoms with Crippen molar-refractivity contribution < 1.29 is 18.3 Å². The molecule has 1 saturated heterocycles. The molecule has 2 heterocycles. The lowest BCUT2D eigenvalue weighted by Gasteiger charge is -2.08. The summed E-state index contributed by atoms with van der Waals surface area (Å²) in [6, 6.07) is 0.316. The van der Waals surface area contributed by atoms with E-state index in [0.29, 0.717) is 25.7 Å². The Kier molecular flexibility index (Phi) is 2.53. The molecular weight excluding hydrogens is 194 g/mol. The Balaban J connectivity index is 2.07. The highest BCUT2D eigenvalue weighted by atomic mass is 19.1. The van der Waals surface area contributed by atoms with Crippen molar-refractivity contribution in [3.8, 4) is 6.01 Å². The van der Waals surface area contributed by atoms with Crippen LogP contribution in [0.15, 0.2) is 6.07 Å². The molecule has 1 aromatic rings. The maximum atomic E-state index is 12.6. The number of hydrogen-bond donors (Lipinski definition) is 0. The van der Waals surface area contributed by atoms with Gasteiger partial charge in [-0.05, 0) is 0 Å². The molecule has 0 bridgehead atoms. The van der Waals surface area contributed by atoms with Gasteiger partial charge in [-0.2, -0.15) is 18.7 Å². The van der Waals surface area contributed by atoms with Crippen LogP contribution in [0.4, 0.5) is 8.78 Å².